The van der Waals surface area contributed by atoms with Crippen LogP contribution in [0.4, 0.5) is 4.39 Å². The Labute approximate surface area is 202 Å². The molecule has 4 aromatic rings. The number of aromatic nitrogens is 4. The van der Waals surface area contributed by atoms with Crippen molar-refractivity contribution >= 4 is 5.91 Å². The average Bonchev–Trinajstić information content (AvgIpc) is 3.60. The van der Waals surface area contributed by atoms with Crippen molar-refractivity contribution in [3.05, 3.63) is 89.0 Å². The number of amides is 1. The first kappa shape index (κ1) is 22.6. The van der Waals surface area contributed by atoms with E-state index in [1.807, 2.05) is 29.9 Å². The number of benzene rings is 2. The van der Waals surface area contributed by atoms with Crippen LogP contribution in [0.15, 0.2) is 54.9 Å². The van der Waals surface area contributed by atoms with Crippen LogP contribution in [-0.2, 0) is 19.9 Å². The molecule has 180 valence electrons. The van der Waals surface area contributed by atoms with Crippen LogP contribution < -0.4 is 14.8 Å². The monoisotopic (exact) mass is 475 g/mol. The fourth-order valence-corrected chi connectivity index (χ4v) is 4.56. The zero-order valence-electron chi connectivity index (χ0n) is 19.8. The molecule has 0 fully saturated rings. The van der Waals surface area contributed by atoms with Gasteiger partial charge < -0.3 is 19.4 Å². The summed E-state index contributed by atoms with van der Waals surface area (Å²) in [4.78, 5) is 18.1. The molecule has 1 atom stereocenters. The number of hydrogen-bond donors (Lipinski definition) is 1. The van der Waals surface area contributed by atoms with Crippen molar-refractivity contribution in [3.8, 4) is 17.2 Å². The van der Waals surface area contributed by atoms with Gasteiger partial charge in [-0.15, -0.1) is 0 Å². The molecule has 0 bridgehead atoms. The van der Waals surface area contributed by atoms with E-state index >= 15 is 0 Å². The summed E-state index contributed by atoms with van der Waals surface area (Å²) in [5.74, 6) is 1.24. The number of carbonyl (C=O) groups is 1. The predicted molar refractivity (Wildman–Crippen MR) is 128 cm³/mol. The number of methoxy groups -OCH3 is 2. The molecule has 2 aromatic heterocycles. The van der Waals surface area contributed by atoms with E-state index < -0.39 is 6.04 Å². The number of rotatable bonds is 7. The Morgan fingerprint density at radius 2 is 1.80 bits per heavy atom. The summed E-state index contributed by atoms with van der Waals surface area (Å²) >= 11 is 0. The quantitative estimate of drug-likeness (QED) is 0.440. The van der Waals surface area contributed by atoms with Crippen LogP contribution in [0, 0.1) is 5.82 Å². The van der Waals surface area contributed by atoms with Gasteiger partial charge in [0.25, 0.3) is 5.91 Å². The Balaban J connectivity index is 1.54. The van der Waals surface area contributed by atoms with E-state index in [2.05, 4.69) is 15.4 Å². The van der Waals surface area contributed by atoms with Gasteiger partial charge in [0.05, 0.1) is 19.9 Å². The topological polar surface area (TPSA) is 83.2 Å². The van der Waals surface area contributed by atoms with E-state index in [0.717, 1.165) is 41.8 Å². The number of halogens is 1. The highest BCUT2D eigenvalue weighted by atomic mass is 19.1. The van der Waals surface area contributed by atoms with Gasteiger partial charge in [-0.25, -0.2) is 14.1 Å². The lowest BCUT2D eigenvalue weighted by Gasteiger charge is -2.20. The normalized spacial score (nSPS) is 13.4. The van der Waals surface area contributed by atoms with Crippen molar-refractivity contribution in [3.63, 3.8) is 0 Å². The van der Waals surface area contributed by atoms with Crippen LogP contribution in [-0.4, -0.2) is 39.5 Å². The molecule has 2 aromatic carbocycles. The minimum Gasteiger partial charge on any atom is -0.497 e. The Bertz CT molecular complexity index is 1350. The molecule has 1 amide bonds. The largest absolute Gasteiger partial charge is 0.497 e. The highest BCUT2D eigenvalue weighted by Crippen LogP contribution is 2.31. The maximum absolute atomic E-state index is 13.7. The molecule has 35 heavy (non-hydrogen) atoms. The maximum Gasteiger partial charge on any atom is 0.272 e. The van der Waals surface area contributed by atoms with Gasteiger partial charge in [0.2, 0.25) is 0 Å². The molecule has 1 unspecified atom stereocenters. The van der Waals surface area contributed by atoms with Gasteiger partial charge in [-0.3, -0.25) is 4.79 Å². The first-order chi connectivity index (χ1) is 17.0. The van der Waals surface area contributed by atoms with Crippen LogP contribution >= 0.6 is 0 Å². The van der Waals surface area contributed by atoms with Gasteiger partial charge in [-0.05, 0) is 61.2 Å². The molecule has 0 saturated carbocycles. The molecule has 0 aliphatic heterocycles. The van der Waals surface area contributed by atoms with Gasteiger partial charge in [0.15, 0.2) is 5.69 Å². The van der Waals surface area contributed by atoms with E-state index in [9.17, 15) is 9.18 Å². The summed E-state index contributed by atoms with van der Waals surface area (Å²) in [6.07, 6.45) is 6.02. The maximum atomic E-state index is 13.7. The minimum absolute atomic E-state index is 0.307. The summed E-state index contributed by atoms with van der Waals surface area (Å²) in [5.41, 5.74) is 3.77. The molecular formula is C26H26FN5O3. The smallest absolute Gasteiger partial charge is 0.272 e. The predicted octanol–water partition coefficient (Wildman–Crippen LogP) is 3.77. The Kier molecular flexibility index (Phi) is 5.98. The molecule has 0 spiro atoms. The summed E-state index contributed by atoms with van der Waals surface area (Å²) in [6, 6.07) is 11.0. The van der Waals surface area contributed by atoms with Crippen LogP contribution in [0.3, 0.4) is 0 Å². The van der Waals surface area contributed by atoms with Gasteiger partial charge in [-0.2, -0.15) is 5.10 Å². The number of carbonyl (C=O) groups excluding carboxylic acids is 1. The second kappa shape index (κ2) is 9.25. The fourth-order valence-electron chi connectivity index (χ4n) is 4.56. The number of fused-ring (bicyclic) bond motifs is 1. The number of nitrogens with one attached hydrogen (secondary N) is 1. The van der Waals surface area contributed by atoms with E-state index in [4.69, 9.17) is 9.47 Å². The second-order valence-electron chi connectivity index (χ2n) is 8.46. The van der Waals surface area contributed by atoms with Crippen LogP contribution in [0.1, 0.15) is 45.6 Å². The molecule has 2 heterocycles. The number of nitrogens with zero attached hydrogens (tertiary/aromatic N) is 4. The Morgan fingerprint density at radius 1 is 1.09 bits per heavy atom. The Hall–Kier alpha value is -4.14. The first-order valence-electron chi connectivity index (χ1n) is 11.4. The zero-order chi connectivity index (χ0) is 24.5. The van der Waals surface area contributed by atoms with Crippen LogP contribution in [0.2, 0.25) is 0 Å². The van der Waals surface area contributed by atoms with Crippen molar-refractivity contribution < 1.29 is 18.7 Å². The minimum atomic E-state index is -0.570. The van der Waals surface area contributed by atoms with E-state index in [0.29, 0.717) is 23.0 Å². The molecule has 1 N–H and O–H groups in total. The van der Waals surface area contributed by atoms with Gasteiger partial charge in [0.1, 0.15) is 29.2 Å². The van der Waals surface area contributed by atoms with Crippen molar-refractivity contribution in [2.24, 2.45) is 7.05 Å². The van der Waals surface area contributed by atoms with Crippen molar-refractivity contribution in [1.29, 1.82) is 0 Å². The number of ether oxygens (including phenoxy) is 2. The highest BCUT2D eigenvalue weighted by Gasteiger charge is 2.30. The third kappa shape index (κ3) is 4.25. The van der Waals surface area contributed by atoms with Crippen molar-refractivity contribution in [1.82, 2.24) is 24.6 Å². The molecule has 0 saturated heterocycles. The van der Waals surface area contributed by atoms with Crippen LogP contribution in [0.25, 0.3) is 5.69 Å². The fraction of sp³-hybridized carbons (Fsp3) is 0.269. The van der Waals surface area contributed by atoms with Crippen LogP contribution in [0.5, 0.6) is 11.5 Å². The van der Waals surface area contributed by atoms with E-state index in [-0.39, 0.29) is 11.7 Å². The molecule has 5 rings (SSSR count). The van der Waals surface area contributed by atoms with E-state index in [1.165, 1.54) is 12.1 Å². The summed E-state index contributed by atoms with van der Waals surface area (Å²) in [5, 5.41) is 7.79. The summed E-state index contributed by atoms with van der Waals surface area (Å²) in [7, 11) is 5.04. The molecule has 1 aliphatic rings. The lowest BCUT2D eigenvalue weighted by Crippen LogP contribution is -2.32. The van der Waals surface area contributed by atoms with Crippen molar-refractivity contribution in [2.45, 2.75) is 25.3 Å². The summed E-state index contributed by atoms with van der Waals surface area (Å²) in [6.45, 7) is 0. The third-order valence-corrected chi connectivity index (χ3v) is 6.32. The highest BCUT2D eigenvalue weighted by molar-refractivity contribution is 5.94. The van der Waals surface area contributed by atoms with Gasteiger partial charge in [-0.1, -0.05) is 0 Å². The lowest BCUT2D eigenvalue weighted by molar-refractivity contribution is 0.0934. The molecule has 8 nitrogen and oxygen atoms in total. The number of hydrogen-bond acceptors (Lipinski definition) is 5. The third-order valence-electron chi connectivity index (χ3n) is 6.32. The molecule has 0 radical (unpaired) electrons. The molecular weight excluding hydrogens is 449 g/mol. The summed E-state index contributed by atoms with van der Waals surface area (Å²) < 4.78 is 28.0. The van der Waals surface area contributed by atoms with Crippen molar-refractivity contribution in [2.75, 3.05) is 14.2 Å². The number of imidazole rings is 1. The lowest BCUT2D eigenvalue weighted by atomic mass is 10.0. The molecule has 1 aliphatic carbocycles. The zero-order valence-corrected chi connectivity index (χ0v) is 19.8. The van der Waals surface area contributed by atoms with E-state index in [1.54, 1.807) is 43.3 Å². The Morgan fingerprint density at radius 3 is 2.43 bits per heavy atom. The van der Waals surface area contributed by atoms with Gasteiger partial charge in [0, 0.05) is 36.8 Å². The number of aryl methyl sites for hydroxylation is 1. The SMILES string of the molecule is COc1cc(OC)cc(C(NC(=O)c2nn(-c3ccc(F)cc3)c3c2CCC3)c2nccn2C)c1. The van der Waals surface area contributed by atoms with Gasteiger partial charge >= 0.3 is 0 Å². The molecule has 9 heteroatoms. The second-order valence-corrected chi connectivity index (χ2v) is 8.46. The average molecular weight is 476 g/mol. The standard InChI is InChI=1S/C26H26FN5O3/c1-31-12-11-28-25(31)23(16-13-19(34-2)15-20(14-16)35-3)29-26(33)24-21-5-4-6-22(21)32(30-24)18-9-7-17(27)8-10-18/h7-15,23H,4-6H2,1-3H3,(H,29,33). The first-order valence-corrected chi connectivity index (χ1v) is 11.4.